The zero-order chi connectivity index (χ0) is 11.8. The van der Waals surface area contributed by atoms with E-state index in [9.17, 15) is 0 Å². The number of allylic oxidation sites excluding steroid dienone is 1. The Bertz CT molecular complexity index is 205. The van der Waals surface area contributed by atoms with Gasteiger partial charge in [-0.2, -0.15) is 0 Å². The molecule has 0 fully saturated rings. The maximum atomic E-state index is 3.73. The maximum Gasteiger partial charge on any atom is 0.0279 e. The normalized spacial score (nSPS) is 18.6. The number of hydrogen-bond acceptors (Lipinski definition) is 1. The first-order chi connectivity index (χ1) is 7.74. The fraction of sp³-hybridized carbons (Fsp3) is 0.867. The predicted molar refractivity (Wildman–Crippen MR) is 72.7 cm³/mol. The second-order valence-electron chi connectivity index (χ2n) is 5.50. The molecular formula is C15H29N. The molecule has 0 spiro atoms. The molecule has 0 radical (unpaired) electrons. The largest absolute Gasteiger partial charge is 0.310 e. The Hall–Kier alpha value is -0.300. The van der Waals surface area contributed by atoms with Gasteiger partial charge >= 0.3 is 0 Å². The highest BCUT2D eigenvalue weighted by molar-refractivity contribution is 5.13. The summed E-state index contributed by atoms with van der Waals surface area (Å²) in [6, 6.07) is 0.669. The van der Waals surface area contributed by atoms with Crippen LogP contribution in [0.5, 0.6) is 0 Å². The van der Waals surface area contributed by atoms with Gasteiger partial charge in [0.2, 0.25) is 0 Å². The molecular weight excluding hydrogens is 194 g/mol. The first-order valence-electron chi connectivity index (χ1n) is 7.16. The summed E-state index contributed by atoms with van der Waals surface area (Å²) < 4.78 is 0. The van der Waals surface area contributed by atoms with Gasteiger partial charge in [-0.05, 0) is 57.4 Å². The van der Waals surface area contributed by atoms with Gasteiger partial charge in [-0.15, -0.1) is 0 Å². The zero-order valence-corrected chi connectivity index (χ0v) is 11.4. The van der Waals surface area contributed by atoms with Crippen LogP contribution in [0.3, 0.4) is 0 Å². The highest BCUT2D eigenvalue weighted by atomic mass is 14.9. The van der Waals surface area contributed by atoms with Gasteiger partial charge in [0.05, 0.1) is 0 Å². The van der Waals surface area contributed by atoms with Gasteiger partial charge in [0.25, 0.3) is 0 Å². The van der Waals surface area contributed by atoms with Crippen molar-refractivity contribution in [2.24, 2.45) is 5.92 Å². The van der Waals surface area contributed by atoms with Gasteiger partial charge in [0.1, 0.15) is 0 Å². The molecule has 0 saturated carbocycles. The summed E-state index contributed by atoms with van der Waals surface area (Å²) in [7, 11) is 0. The van der Waals surface area contributed by atoms with E-state index < -0.39 is 0 Å². The van der Waals surface area contributed by atoms with Crippen molar-refractivity contribution in [3.05, 3.63) is 11.6 Å². The van der Waals surface area contributed by atoms with Crippen LogP contribution in [0.15, 0.2) is 11.6 Å². The summed E-state index contributed by atoms with van der Waals surface area (Å²) >= 11 is 0. The molecule has 0 aromatic carbocycles. The van der Waals surface area contributed by atoms with E-state index in [0.717, 1.165) is 5.92 Å². The Kier molecular flexibility index (Phi) is 6.79. The van der Waals surface area contributed by atoms with E-state index in [0.29, 0.717) is 6.04 Å². The smallest absolute Gasteiger partial charge is 0.0279 e. The van der Waals surface area contributed by atoms with Crippen LogP contribution in [-0.2, 0) is 0 Å². The third-order valence-corrected chi connectivity index (χ3v) is 3.45. The van der Waals surface area contributed by atoms with Crippen LogP contribution < -0.4 is 5.32 Å². The van der Waals surface area contributed by atoms with Crippen molar-refractivity contribution in [3.63, 3.8) is 0 Å². The molecule has 0 bridgehead atoms. The van der Waals surface area contributed by atoms with Crippen LogP contribution in [0.4, 0.5) is 0 Å². The summed E-state index contributed by atoms with van der Waals surface area (Å²) in [5, 5.41) is 3.73. The SMILES string of the molecule is CCCNC(CCC(C)C)C1=CCCCC1. The molecule has 1 aliphatic carbocycles. The quantitative estimate of drug-likeness (QED) is 0.635. The molecule has 1 N–H and O–H groups in total. The molecule has 1 aliphatic rings. The average molecular weight is 223 g/mol. The van der Waals surface area contributed by atoms with E-state index in [-0.39, 0.29) is 0 Å². The molecule has 0 heterocycles. The second-order valence-corrected chi connectivity index (χ2v) is 5.50. The molecule has 0 aromatic heterocycles. The van der Waals surface area contributed by atoms with E-state index in [2.05, 4.69) is 32.2 Å². The van der Waals surface area contributed by atoms with Crippen molar-refractivity contribution in [1.82, 2.24) is 5.32 Å². The fourth-order valence-electron chi connectivity index (χ4n) is 2.42. The lowest BCUT2D eigenvalue weighted by Crippen LogP contribution is -2.32. The molecule has 16 heavy (non-hydrogen) atoms. The van der Waals surface area contributed by atoms with E-state index in [1.807, 2.05) is 0 Å². The minimum Gasteiger partial charge on any atom is -0.310 e. The van der Waals surface area contributed by atoms with E-state index in [1.54, 1.807) is 5.57 Å². The first-order valence-corrected chi connectivity index (χ1v) is 7.16. The molecule has 1 heteroatoms. The van der Waals surface area contributed by atoms with E-state index in [1.165, 1.54) is 51.5 Å². The molecule has 1 nitrogen and oxygen atoms in total. The summed E-state index contributed by atoms with van der Waals surface area (Å²) in [5.41, 5.74) is 1.69. The highest BCUT2D eigenvalue weighted by Gasteiger charge is 2.15. The summed E-state index contributed by atoms with van der Waals surface area (Å²) in [6.07, 6.45) is 11.8. The highest BCUT2D eigenvalue weighted by Crippen LogP contribution is 2.23. The van der Waals surface area contributed by atoms with Crippen molar-refractivity contribution in [1.29, 1.82) is 0 Å². The summed E-state index contributed by atoms with van der Waals surface area (Å²) in [6.45, 7) is 8.07. The molecule has 1 unspecified atom stereocenters. The van der Waals surface area contributed by atoms with E-state index in [4.69, 9.17) is 0 Å². The van der Waals surface area contributed by atoms with Crippen LogP contribution in [0.2, 0.25) is 0 Å². The van der Waals surface area contributed by atoms with Crippen molar-refractivity contribution in [3.8, 4) is 0 Å². The Labute approximate surface area is 102 Å². The second kappa shape index (κ2) is 7.89. The van der Waals surface area contributed by atoms with Gasteiger partial charge in [0.15, 0.2) is 0 Å². The molecule has 0 aliphatic heterocycles. The summed E-state index contributed by atoms with van der Waals surface area (Å²) in [4.78, 5) is 0. The van der Waals surface area contributed by atoms with Gasteiger partial charge < -0.3 is 5.32 Å². The Morgan fingerprint density at radius 2 is 2.06 bits per heavy atom. The number of nitrogens with one attached hydrogen (secondary N) is 1. The molecule has 1 rings (SSSR count). The molecule has 0 aromatic rings. The zero-order valence-electron chi connectivity index (χ0n) is 11.4. The molecule has 0 amide bonds. The standard InChI is InChI=1S/C15H29N/c1-4-12-16-15(11-10-13(2)3)14-8-6-5-7-9-14/h8,13,15-16H,4-7,9-12H2,1-3H3. The Morgan fingerprint density at radius 3 is 2.62 bits per heavy atom. The maximum absolute atomic E-state index is 3.73. The van der Waals surface area contributed by atoms with Crippen molar-refractivity contribution in [2.45, 2.75) is 71.8 Å². The van der Waals surface area contributed by atoms with Crippen LogP contribution in [0, 0.1) is 5.92 Å². The average Bonchev–Trinajstić information content (AvgIpc) is 2.30. The minimum atomic E-state index is 0.669. The summed E-state index contributed by atoms with van der Waals surface area (Å²) in [5.74, 6) is 0.829. The van der Waals surface area contributed by atoms with E-state index >= 15 is 0 Å². The lowest BCUT2D eigenvalue weighted by atomic mass is 9.90. The van der Waals surface area contributed by atoms with Crippen molar-refractivity contribution >= 4 is 0 Å². The number of hydrogen-bond donors (Lipinski definition) is 1. The number of rotatable bonds is 7. The lowest BCUT2D eigenvalue weighted by Gasteiger charge is -2.25. The van der Waals surface area contributed by atoms with Crippen LogP contribution in [0.1, 0.15) is 65.7 Å². The molecule has 0 saturated heterocycles. The van der Waals surface area contributed by atoms with Crippen molar-refractivity contribution in [2.75, 3.05) is 6.54 Å². The minimum absolute atomic E-state index is 0.669. The predicted octanol–water partition coefficient (Wildman–Crippen LogP) is 4.29. The lowest BCUT2D eigenvalue weighted by molar-refractivity contribution is 0.449. The topological polar surface area (TPSA) is 12.0 Å². The van der Waals surface area contributed by atoms with Crippen LogP contribution in [0.25, 0.3) is 0 Å². The van der Waals surface area contributed by atoms with Gasteiger partial charge in [0, 0.05) is 6.04 Å². The molecule has 94 valence electrons. The third-order valence-electron chi connectivity index (χ3n) is 3.45. The Morgan fingerprint density at radius 1 is 1.25 bits per heavy atom. The van der Waals surface area contributed by atoms with Gasteiger partial charge in [-0.3, -0.25) is 0 Å². The van der Waals surface area contributed by atoms with Crippen molar-refractivity contribution < 1.29 is 0 Å². The van der Waals surface area contributed by atoms with Crippen LogP contribution in [-0.4, -0.2) is 12.6 Å². The van der Waals surface area contributed by atoms with Crippen LogP contribution >= 0.6 is 0 Å². The first kappa shape index (κ1) is 13.8. The Balaban J connectivity index is 2.44. The molecule has 1 atom stereocenters. The monoisotopic (exact) mass is 223 g/mol. The van der Waals surface area contributed by atoms with Gasteiger partial charge in [-0.1, -0.05) is 32.4 Å². The van der Waals surface area contributed by atoms with Gasteiger partial charge in [-0.25, -0.2) is 0 Å². The fourth-order valence-corrected chi connectivity index (χ4v) is 2.42. The third kappa shape index (κ3) is 5.16.